The van der Waals surface area contributed by atoms with Crippen molar-refractivity contribution >= 4 is 17.6 Å². The van der Waals surface area contributed by atoms with Crippen LogP contribution in [-0.2, 0) is 9.59 Å². The number of nitrogens with one attached hydrogen (secondary N) is 2. The van der Waals surface area contributed by atoms with E-state index in [2.05, 4.69) is 15.6 Å². The number of carbonyl (C=O) groups is 2. The van der Waals surface area contributed by atoms with Crippen LogP contribution < -0.4 is 10.6 Å². The molecule has 0 unspecified atom stereocenters. The van der Waals surface area contributed by atoms with Crippen molar-refractivity contribution in [1.29, 1.82) is 0 Å². The first-order valence-corrected chi connectivity index (χ1v) is 4.76. The van der Waals surface area contributed by atoms with Crippen molar-refractivity contribution in [3.8, 4) is 0 Å². The van der Waals surface area contributed by atoms with E-state index in [1.807, 2.05) is 6.92 Å². The van der Waals surface area contributed by atoms with Gasteiger partial charge >= 0.3 is 11.8 Å². The third-order valence-electron chi connectivity index (χ3n) is 1.76. The highest BCUT2D eigenvalue weighted by Crippen LogP contribution is 2.04. The average molecular weight is 223 g/mol. The molecule has 1 aromatic rings. The molecule has 0 fully saturated rings. The average Bonchev–Trinajstić information content (AvgIpc) is 2.25. The first-order valence-electron chi connectivity index (χ1n) is 4.76. The van der Waals surface area contributed by atoms with Crippen LogP contribution in [0, 0.1) is 6.92 Å². The number of amides is 2. The Morgan fingerprint density at radius 2 is 2.19 bits per heavy atom. The normalized spacial score (nSPS) is 9.62. The van der Waals surface area contributed by atoms with Crippen LogP contribution in [-0.4, -0.2) is 35.1 Å². The Hall–Kier alpha value is -1.95. The van der Waals surface area contributed by atoms with E-state index in [0.29, 0.717) is 5.82 Å². The number of nitrogens with zero attached hydrogens (tertiary/aromatic N) is 1. The van der Waals surface area contributed by atoms with Gasteiger partial charge in [0.2, 0.25) is 0 Å². The second kappa shape index (κ2) is 5.82. The van der Waals surface area contributed by atoms with Crippen LogP contribution in [0.5, 0.6) is 0 Å². The van der Waals surface area contributed by atoms with Crippen LogP contribution in [0.4, 0.5) is 5.82 Å². The van der Waals surface area contributed by atoms with Gasteiger partial charge in [0.05, 0.1) is 6.61 Å². The summed E-state index contributed by atoms with van der Waals surface area (Å²) in [5, 5.41) is 13.1. The lowest BCUT2D eigenvalue weighted by molar-refractivity contribution is -0.136. The van der Waals surface area contributed by atoms with Gasteiger partial charge in [-0.2, -0.15) is 0 Å². The molecule has 0 aliphatic carbocycles. The fourth-order valence-corrected chi connectivity index (χ4v) is 1.03. The lowest BCUT2D eigenvalue weighted by atomic mass is 10.3. The summed E-state index contributed by atoms with van der Waals surface area (Å²) in [6.45, 7) is 1.69. The van der Waals surface area contributed by atoms with Crippen LogP contribution in [0.25, 0.3) is 0 Å². The molecule has 1 rings (SSSR count). The number of pyridine rings is 1. The Morgan fingerprint density at radius 1 is 1.44 bits per heavy atom. The summed E-state index contributed by atoms with van der Waals surface area (Å²) in [6, 6.07) is 3.43. The maximum Gasteiger partial charge on any atom is 0.314 e. The molecule has 6 heteroatoms. The zero-order chi connectivity index (χ0) is 12.0. The molecular formula is C10H13N3O3. The third kappa shape index (κ3) is 3.66. The topological polar surface area (TPSA) is 91.3 Å². The fraction of sp³-hybridized carbons (Fsp3) is 0.300. The summed E-state index contributed by atoms with van der Waals surface area (Å²) >= 11 is 0. The van der Waals surface area contributed by atoms with Crippen LogP contribution in [0.15, 0.2) is 18.3 Å². The van der Waals surface area contributed by atoms with Crippen molar-refractivity contribution < 1.29 is 14.7 Å². The van der Waals surface area contributed by atoms with Crippen LogP contribution in [0.3, 0.4) is 0 Å². The van der Waals surface area contributed by atoms with Crippen LogP contribution >= 0.6 is 0 Å². The molecule has 0 aliphatic rings. The SMILES string of the molecule is Cc1ccnc(NC(=O)C(=O)NCCO)c1. The van der Waals surface area contributed by atoms with Gasteiger partial charge in [-0.15, -0.1) is 0 Å². The minimum Gasteiger partial charge on any atom is -0.395 e. The largest absolute Gasteiger partial charge is 0.395 e. The molecule has 86 valence electrons. The summed E-state index contributed by atoms with van der Waals surface area (Å²) in [5.74, 6) is -1.27. The number of hydrogen-bond donors (Lipinski definition) is 3. The number of aryl methyl sites for hydroxylation is 1. The van der Waals surface area contributed by atoms with E-state index in [4.69, 9.17) is 5.11 Å². The number of aliphatic hydroxyl groups is 1. The van der Waals surface area contributed by atoms with Gasteiger partial charge in [-0.25, -0.2) is 4.98 Å². The predicted octanol–water partition coefficient (Wildman–Crippen LogP) is -0.563. The van der Waals surface area contributed by atoms with Crippen LogP contribution in [0.2, 0.25) is 0 Å². The number of hydrogen-bond acceptors (Lipinski definition) is 4. The molecule has 0 aliphatic heterocycles. The maximum atomic E-state index is 11.3. The lowest BCUT2D eigenvalue weighted by Crippen LogP contribution is -2.37. The van der Waals surface area contributed by atoms with E-state index in [1.54, 1.807) is 12.1 Å². The Labute approximate surface area is 92.7 Å². The number of aliphatic hydroxyl groups excluding tert-OH is 1. The molecule has 3 N–H and O–H groups in total. The van der Waals surface area contributed by atoms with Gasteiger partial charge in [-0.05, 0) is 24.6 Å². The molecule has 0 spiro atoms. The molecule has 6 nitrogen and oxygen atoms in total. The first kappa shape index (κ1) is 12.1. The maximum absolute atomic E-state index is 11.3. The van der Waals surface area contributed by atoms with Crippen molar-refractivity contribution in [3.63, 3.8) is 0 Å². The summed E-state index contributed by atoms with van der Waals surface area (Å²) < 4.78 is 0. The van der Waals surface area contributed by atoms with E-state index in [1.165, 1.54) is 6.20 Å². The predicted molar refractivity (Wildman–Crippen MR) is 57.7 cm³/mol. The fourth-order valence-electron chi connectivity index (χ4n) is 1.03. The van der Waals surface area contributed by atoms with Gasteiger partial charge in [0.15, 0.2) is 0 Å². The monoisotopic (exact) mass is 223 g/mol. The van der Waals surface area contributed by atoms with E-state index < -0.39 is 11.8 Å². The Balaban J connectivity index is 2.54. The summed E-state index contributed by atoms with van der Waals surface area (Å²) in [7, 11) is 0. The summed E-state index contributed by atoms with van der Waals surface area (Å²) in [5.41, 5.74) is 0.932. The van der Waals surface area contributed by atoms with Crippen molar-refractivity contribution in [1.82, 2.24) is 10.3 Å². The molecular weight excluding hydrogens is 210 g/mol. The third-order valence-corrected chi connectivity index (χ3v) is 1.76. The zero-order valence-electron chi connectivity index (χ0n) is 8.86. The standard InChI is InChI=1S/C10H13N3O3/c1-7-2-3-11-8(6-7)13-10(16)9(15)12-4-5-14/h2-3,6,14H,4-5H2,1H3,(H,12,15)(H,11,13,16). The highest BCUT2D eigenvalue weighted by atomic mass is 16.3. The molecule has 0 saturated carbocycles. The number of rotatable bonds is 3. The second-order valence-electron chi connectivity index (χ2n) is 3.15. The molecule has 0 radical (unpaired) electrons. The second-order valence-corrected chi connectivity index (χ2v) is 3.15. The highest BCUT2D eigenvalue weighted by molar-refractivity contribution is 6.39. The summed E-state index contributed by atoms with van der Waals surface area (Å²) in [6.07, 6.45) is 1.54. The van der Waals surface area contributed by atoms with Crippen LogP contribution in [0.1, 0.15) is 5.56 Å². The zero-order valence-corrected chi connectivity index (χ0v) is 8.86. The number of anilines is 1. The Bertz CT molecular complexity index is 393. The van der Waals surface area contributed by atoms with Crippen molar-refractivity contribution in [2.45, 2.75) is 6.92 Å². The molecule has 0 aromatic carbocycles. The summed E-state index contributed by atoms with van der Waals surface area (Å²) in [4.78, 5) is 26.3. The Morgan fingerprint density at radius 3 is 2.81 bits per heavy atom. The van der Waals surface area contributed by atoms with Gasteiger partial charge in [-0.3, -0.25) is 9.59 Å². The van der Waals surface area contributed by atoms with E-state index in [9.17, 15) is 9.59 Å². The molecule has 1 aromatic heterocycles. The first-order chi connectivity index (χ1) is 7.63. The van der Waals surface area contributed by atoms with E-state index in [0.717, 1.165) is 5.56 Å². The Kier molecular flexibility index (Phi) is 4.41. The van der Waals surface area contributed by atoms with E-state index in [-0.39, 0.29) is 13.2 Å². The molecule has 0 atom stereocenters. The van der Waals surface area contributed by atoms with Gasteiger partial charge in [0.25, 0.3) is 0 Å². The number of aromatic nitrogens is 1. The quantitative estimate of drug-likeness (QED) is 0.599. The lowest BCUT2D eigenvalue weighted by Gasteiger charge is -2.04. The smallest absolute Gasteiger partial charge is 0.314 e. The van der Waals surface area contributed by atoms with Gasteiger partial charge in [0, 0.05) is 12.7 Å². The highest BCUT2D eigenvalue weighted by Gasteiger charge is 2.12. The molecule has 2 amide bonds. The van der Waals surface area contributed by atoms with E-state index >= 15 is 0 Å². The van der Waals surface area contributed by atoms with Gasteiger partial charge in [-0.1, -0.05) is 0 Å². The van der Waals surface area contributed by atoms with Crippen molar-refractivity contribution in [2.24, 2.45) is 0 Å². The molecule has 0 saturated heterocycles. The minimum absolute atomic E-state index is 0.0491. The van der Waals surface area contributed by atoms with Crippen molar-refractivity contribution in [3.05, 3.63) is 23.9 Å². The van der Waals surface area contributed by atoms with Crippen molar-refractivity contribution in [2.75, 3.05) is 18.5 Å². The number of carbonyl (C=O) groups excluding carboxylic acids is 2. The molecule has 16 heavy (non-hydrogen) atoms. The minimum atomic E-state index is -0.799. The molecule has 0 bridgehead atoms. The van der Waals surface area contributed by atoms with Gasteiger partial charge < -0.3 is 15.7 Å². The van der Waals surface area contributed by atoms with Gasteiger partial charge in [0.1, 0.15) is 5.82 Å². The molecule has 1 heterocycles.